The third-order valence-electron chi connectivity index (χ3n) is 8.69. The van der Waals surface area contributed by atoms with Crippen LogP contribution in [0.2, 0.25) is 0 Å². The molecule has 36 heavy (non-hydrogen) atoms. The maximum Gasteiger partial charge on any atom is 0.221 e. The minimum absolute atomic E-state index is 0.0250. The van der Waals surface area contributed by atoms with Gasteiger partial charge in [-0.3, -0.25) is 19.3 Å². The molecule has 5 atom stereocenters. The quantitative estimate of drug-likeness (QED) is 0.300. The first kappa shape index (κ1) is 25.4. The van der Waals surface area contributed by atoms with E-state index in [1.807, 2.05) is 6.07 Å². The van der Waals surface area contributed by atoms with Gasteiger partial charge in [-0.15, -0.1) is 0 Å². The van der Waals surface area contributed by atoms with Crippen LogP contribution in [0.4, 0.5) is 5.69 Å². The molecule has 2 aliphatic carbocycles. The molecule has 5 rings (SSSR count). The normalized spacial score (nSPS) is 29.6. The lowest BCUT2D eigenvalue weighted by molar-refractivity contribution is -0.123. The van der Waals surface area contributed by atoms with Crippen LogP contribution in [0.1, 0.15) is 63.5 Å². The van der Waals surface area contributed by atoms with Crippen molar-refractivity contribution >= 4 is 36.0 Å². The molecule has 9 heteroatoms. The van der Waals surface area contributed by atoms with Gasteiger partial charge in [-0.2, -0.15) is 12.6 Å². The van der Waals surface area contributed by atoms with Gasteiger partial charge in [0.25, 0.3) is 0 Å². The molecule has 3 amide bonds. The molecule has 1 aromatic carbocycles. The van der Waals surface area contributed by atoms with E-state index in [1.165, 1.54) is 18.1 Å². The van der Waals surface area contributed by atoms with Crippen LogP contribution in [-0.2, 0) is 26.2 Å². The highest BCUT2D eigenvalue weighted by atomic mass is 32.1. The van der Waals surface area contributed by atoms with Crippen LogP contribution in [0.25, 0.3) is 0 Å². The van der Waals surface area contributed by atoms with E-state index in [-0.39, 0.29) is 35.3 Å². The molecule has 3 N–H and O–H groups in total. The van der Waals surface area contributed by atoms with Crippen LogP contribution < -0.4 is 20.7 Å². The number of unbranched alkanes of at least 4 members (excludes halogenated alkanes) is 1. The van der Waals surface area contributed by atoms with Gasteiger partial charge in [0.05, 0.1) is 11.7 Å². The smallest absolute Gasteiger partial charge is 0.221 e. The SMILES string of the molecule is CC(=O)Nc1ccc2c3c1O[C@H]1[C@@H](NC(C)=O)CC[C@H]4[C@@H](C2)N(CCCCNC(=O)CCS)CC[C@@]341. The number of carbonyl (C=O) groups excluding carboxylic acids is 3. The van der Waals surface area contributed by atoms with Gasteiger partial charge >= 0.3 is 0 Å². The van der Waals surface area contributed by atoms with Crippen LogP contribution in [-0.4, -0.2) is 66.2 Å². The summed E-state index contributed by atoms with van der Waals surface area (Å²) in [6.07, 6.45) is 6.28. The maximum atomic E-state index is 12.1. The molecule has 1 saturated carbocycles. The summed E-state index contributed by atoms with van der Waals surface area (Å²) in [4.78, 5) is 38.3. The molecule has 196 valence electrons. The number of piperidine rings is 1. The second-order valence-corrected chi connectivity index (χ2v) is 11.3. The zero-order valence-electron chi connectivity index (χ0n) is 21.3. The van der Waals surface area contributed by atoms with Crippen molar-refractivity contribution < 1.29 is 19.1 Å². The molecule has 2 heterocycles. The molecule has 2 bridgehead atoms. The Morgan fingerprint density at radius 3 is 2.75 bits per heavy atom. The van der Waals surface area contributed by atoms with Crippen molar-refractivity contribution in [2.75, 3.05) is 30.7 Å². The number of anilines is 1. The standard InChI is InChI=1S/C27H38N4O4S/c1-16(32)29-20-7-5-18-15-22-19-6-8-21(30-17(2)33)26-27(19,24(18)25(20)35-26)10-13-31(22)12-4-3-11-28-23(34)9-14-36/h5,7,19,21-22,26,36H,3-4,6,8-15H2,1-2H3,(H,28,34)(H,29,32)(H,30,33)/t19-,21-,22+,26-,27-/m0/s1. The number of carbonyl (C=O) groups is 3. The lowest BCUT2D eigenvalue weighted by atomic mass is 9.51. The minimum atomic E-state index is -0.134. The molecular formula is C27H38N4O4S. The van der Waals surface area contributed by atoms with Crippen molar-refractivity contribution in [3.63, 3.8) is 0 Å². The van der Waals surface area contributed by atoms with E-state index in [0.717, 1.165) is 63.1 Å². The lowest BCUT2D eigenvalue weighted by Crippen LogP contribution is -2.68. The minimum Gasteiger partial charge on any atom is -0.485 e. The van der Waals surface area contributed by atoms with E-state index in [0.29, 0.717) is 30.7 Å². The molecule has 8 nitrogen and oxygen atoms in total. The number of hydrogen-bond acceptors (Lipinski definition) is 6. The number of nitrogens with one attached hydrogen (secondary N) is 3. The van der Waals surface area contributed by atoms with E-state index < -0.39 is 0 Å². The Hall–Kier alpha value is -2.26. The van der Waals surface area contributed by atoms with Crippen LogP contribution >= 0.6 is 12.6 Å². The number of amides is 3. The fourth-order valence-corrected chi connectivity index (χ4v) is 7.68. The molecule has 1 spiro atoms. The monoisotopic (exact) mass is 514 g/mol. The fraction of sp³-hybridized carbons (Fsp3) is 0.667. The lowest BCUT2D eigenvalue weighted by Gasteiger charge is -2.59. The molecule has 0 unspecified atom stereocenters. The van der Waals surface area contributed by atoms with Gasteiger partial charge in [0.2, 0.25) is 17.7 Å². The van der Waals surface area contributed by atoms with Gasteiger partial charge in [-0.05, 0) is 74.9 Å². The summed E-state index contributed by atoms with van der Waals surface area (Å²) in [5.41, 5.74) is 3.20. The first-order chi connectivity index (χ1) is 17.3. The summed E-state index contributed by atoms with van der Waals surface area (Å²) in [5, 5.41) is 9.15. The number of benzene rings is 1. The predicted octanol–water partition coefficient (Wildman–Crippen LogP) is 2.41. The van der Waals surface area contributed by atoms with Crippen LogP contribution in [0.5, 0.6) is 5.75 Å². The van der Waals surface area contributed by atoms with Gasteiger partial charge in [0.1, 0.15) is 11.9 Å². The van der Waals surface area contributed by atoms with Gasteiger partial charge in [-0.25, -0.2) is 0 Å². The Bertz CT molecular complexity index is 1050. The Kier molecular flexibility index (Phi) is 7.23. The molecule has 1 aromatic rings. The van der Waals surface area contributed by atoms with Crippen molar-refractivity contribution in [2.45, 2.75) is 82.4 Å². The third-order valence-corrected chi connectivity index (χ3v) is 8.91. The highest BCUT2D eigenvalue weighted by Crippen LogP contribution is 2.63. The van der Waals surface area contributed by atoms with Crippen LogP contribution in [0.15, 0.2) is 12.1 Å². The number of thiol groups is 1. The van der Waals surface area contributed by atoms with E-state index in [9.17, 15) is 14.4 Å². The summed E-state index contributed by atoms with van der Waals surface area (Å²) in [6, 6.07) is 4.55. The van der Waals surface area contributed by atoms with Crippen molar-refractivity contribution in [2.24, 2.45) is 5.92 Å². The first-order valence-corrected chi connectivity index (χ1v) is 14.0. The average molecular weight is 515 g/mol. The summed E-state index contributed by atoms with van der Waals surface area (Å²) < 4.78 is 6.72. The molecule has 1 saturated heterocycles. The number of hydrogen-bond donors (Lipinski definition) is 4. The van der Waals surface area contributed by atoms with E-state index in [4.69, 9.17) is 4.74 Å². The first-order valence-electron chi connectivity index (χ1n) is 13.3. The second kappa shape index (κ2) is 10.2. The molecule has 2 aliphatic heterocycles. The number of nitrogens with zero attached hydrogens (tertiary/aromatic N) is 1. The number of ether oxygens (including phenoxy) is 1. The van der Waals surface area contributed by atoms with Crippen molar-refractivity contribution in [1.82, 2.24) is 15.5 Å². The molecule has 0 aromatic heterocycles. The highest BCUT2D eigenvalue weighted by Gasteiger charge is 2.65. The van der Waals surface area contributed by atoms with Gasteiger partial charge in [-0.1, -0.05) is 6.07 Å². The Morgan fingerprint density at radius 1 is 1.17 bits per heavy atom. The van der Waals surface area contributed by atoms with Crippen molar-refractivity contribution in [3.05, 3.63) is 23.3 Å². The number of likely N-dealkylation sites (tertiary alicyclic amines) is 1. The Morgan fingerprint density at radius 2 is 2.00 bits per heavy atom. The second-order valence-electron chi connectivity index (χ2n) is 10.8. The summed E-state index contributed by atoms with van der Waals surface area (Å²) >= 11 is 4.12. The summed E-state index contributed by atoms with van der Waals surface area (Å²) in [7, 11) is 0. The van der Waals surface area contributed by atoms with Crippen LogP contribution in [0.3, 0.4) is 0 Å². The topological polar surface area (TPSA) is 99.8 Å². The average Bonchev–Trinajstić information content (AvgIpc) is 3.17. The van der Waals surface area contributed by atoms with E-state index in [1.54, 1.807) is 6.92 Å². The number of rotatable bonds is 9. The fourth-order valence-electron chi connectivity index (χ4n) is 7.47. The highest BCUT2D eigenvalue weighted by molar-refractivity contribution is 7.80. The van der Waals surface area contributed by atoms with Gasteiger partial charge in [0, 0.05) is 43.8 Å². The molecule has 4 aliphatic rings. The molecular weight excluding hydrogens is 476 g/mol. The Balaban J connectivity index is 1.38. The predicted molar refractivity (Wildman–Crippen MR) is 142 cm³/mol. The molecule has 0 radical (unpaired) electrons. The van der Waals surface area contributed by atoms with Crippen molar-refractivity contribution in [1.29, 1.82) is 0 Å². The summed E-state index contributed by atoms with van der Waals surface area (Å²) in [6.45, 7) is 5.82. The maximum absolute atomic E-state index is 12.1. The van der Waals surface area contributed by atoms with E-state index in [2.05, 4.69) is 39.5 Å². The third kappa shape index (κ3) is 4.38. The zero-order chi connectivity index (χ0) is 25.4. The summed E-state index contributed by atoms with van der Waals surface area (Å²) in [5.74, 6) is 1.79. The van der Waals surface area contributed by atoms with Crippen molar-refractivity contribution in [3.8, 4) is 5.75 Å². The van der Waals surface area contributed by atoms with Gasteiger partial charge in [0.15, 0.2) is 0 Å². The molecule has 2 fully saturated rings. The van der Waals surface area contributed by atoms with E-state index >= 15 is 0 Å². The van der Waals surface area contributed by atoms with Crippen LogP contribution in [0, 0.1) is 5.92 Å². The largest absolute Gasteiger partial charge is 0.485 e. The van der Waals surface area contributed by atoms with Gasteiger partial charge < -0.3 is 20.7 Å². The Labute approximate surface area is 218 Å². The zero-order valence-corrected chi connectivity index (χ0v) is 22.2.